The van der Waals surface area contributed by atoms with Crippen molar-refractivity contribution in [3.05, 3.63) is 70.7 Å². The van der Waals surface area contributed by atoms with Crippen molar-refractivity contribution >= 4 is 37.9 Å². The monoisotopic (exact) mass is 456 g/mol. The van der Waals surface area contributed by atoms with Gasteiger partial charge in [-0.1, -0.05) is 42.5 Å². The fraction of sp³-hybridized carbons (Fsp3) is 0.357. The van der Waals surface area contributed by atoms with Gasteiger partial charge in [0.15, 0.2) is 0 Å². The third-order valence-corrected chi connectivity index (χ3v) is 8.94. The van der Waals surface area contributed by atoms with Crippen molar-refractivity contribution in [2.24, 2.45) is 17.8 Å². The van der Waals surface area contributed by atoms with Gasteiger partial charge in [0.2, 0.25) is 0 Å². The molecule has 2 heteroatoms. The highest BCUT2D eigenvalue weighted by atomic mass is 79.9. The Morgan fingerprint density at radius 1 is 0.733 bits per heavy atom. The van der Waals surface area contributed by atoms with E-state index in [0.717, 1.165) is 33.4 Å². The van der Waals surface area contributed by atoms with Gasteiger partial charge in [0.05, 0.1) is 4.47 Å². The second-order valence-electron chi connectivity index (χ2n) is 10.2. The molecule has 4 aliphatic rings. The summed E-state index contributed by atoms with van der Waals surface area (Å²) in [5, 5.41) is 2.36. The van der Waals surface area contributed by atoms with E-state index < -0.39 is 0 Å². The topological polar surface area (TPSA) is 13.1 Å². The van der Waals surface area contributed by atoms with Crippen molar-refractivity contribution in [1.82, 2.24) is 0 Å². The highest BCUT2D eigenvalue weighted by molar-refractivity contribution is 9.10. The molecule has 0 saturated heterocycles. The Hall–Kier alpha value is -2.06. The van der Waals surface area contributed by atoms with Gasteiger partial charge in [0.25, 0.3) is 0 Å². The van der Waals surface area contributed by atoms with E-state index in [4.69, 9.17) is 4.42 Å². The number of hydrogen-bond acceptors (Lipinski definition) is 1. The van der Waals surface area contributed by atoms with Gasteiger partial charge in [0, 0.05) is 10.8 Å². The zero-order valence-electron chi connectivity index (χ0n) is 17.0. The normalized spacial score (nSPS) is 29.8. The van der Waals surface area contributed by atoms with E-state index in [-0.39, 0.29) is 0 Å². The molecule has 0 atom stereocenters. The van der Waals surface area contributed by atoms with Crippen LogP contribution in [0.3, 0.4) is 0 Å². The highest BCUT2D eigenvalue weighted by Crippen LogP contribution is 2.60. The minimum atomic E-state index is 0.476. The lowest BCUT2D eigenvalue weighted by molar-refractivity contribution is -0.00518. The Bertz CT molecular complexity index is 1240. The van der Waals surface area contributed by atoms with Crippen LogP contribution in [0.4, 0.5) is 0 Å². The first-order valence-electron chi connectivity index (χ1n) is 11.4. The SMILES string of the molecule is Brc1cccc2c1oc1ccc(-c3ccc(C45CC6CC(CC(C6)C4)C5)cc3)cc12. The number of fused-ring (bicyclic) bond motifs is 3. The molecule has 0 aliphatic heterocycles. The van der Waals surface area contributed by atoms with Crippen molar-refractivity contribution in [3.8, 4) is 11.1 Å². The Kier molecular flexibility index (Phi) is 3.66. The predicted octanol–water partition coefficient (Wildman–Crippen LogP) is 8.48. The molecule has 0 spiro atoms. The molecule has 0 unspecified atom stereocenters. The first-order chi connectivity index (χ1) is 14.7. The maximum atomic E-state index is 6.08. The second-order valence-corrected chi connectivity index (χ2v) is 11.1. The number of hydrogen-bond donors (Lipinski definition) is 0. The zero-order valence-corrected chi connectivity index (χ0v) is 18.6. The van der Waals surface area contributed by atoms with Crippen LogP contribution in [0.5, 0.6) is 0 Å². The third kappa shape index (κ3) is 2.52. The van der Waals surface area contributed by atoms with E-state index in [2.05, 4.69) is 70.5 Å². The molecule has 8 rings (SSSR count). The van der Waals surface area contributed by atoms with Crippen LogP contribution in [0, 0.1) is 17.8 Å². The van der Waals surface area contributed by atoms with Crippen molar-refractivity contribution in [2.45, 2.75) is 43.9 Å². The lowest BCUT2D eigenvalue weighted by Gasteiger charge is -2.57. The molecule has 0 radical (unpaired) electrons. The lowest BCUT2D eigenvalue weighted by Crippen LogP contribution is -2.48. The number of benzene rings is 3. The van der Waals surface area contributed by atoms with Gasteiger partial charge >= 0.3 is 0 Å². The summed E-state index contributed by atoms with van der Waals surface area (Å²) in [5.74, 6) is 2.98. The quantitative estimate of drug-likeness (QED) is 0.294. The van der Waals surface area contributed by atoms with Crippen LogP contribution in [0.1, 0.15) is 44.1 Å². The average molecular weight is 457 g/mol. The minimum absolute atomic E-state index is 0.476. The van der Waals surface area contributed by atoms with Crippen molar-refractivity contribution in [1.29, 1.82) is 0 Å². The Morgan fingerprint density at radius 3 is 2.10 bits per heavy atom. The molecular weight excluding hydrogens is 432 g/mol. The van der Waals surface area contributed by atoms with Gasteiger partial charge in [0.1, 0.15) is 11.2 Å². The molecule has 4 aliphatic carbocycles. The molecule has 0 amide bonds. The van der Waals surface area contributed by atoms with Crippen LogP contribution < -0.4 is 0 Å². The van der Waals surface area contributed by atoms with Crippen LogP contribution in [0.25, 0.3) is 33.1 Å². The summed E-state index contributed by atoms with van der Waals surface area (Å²) in [4.78, 5) is 0. The molecule has 30 heavy (non-hydrogen) atoms. The van der Waals surface area contributed by atoms with Crippen LogP contribution in [0.15, 0.2) is 69.6 Å². The van der Waals surface area contributed by atoms with E-state index in [9.17, 15) is 0 Å². The number of halogens is 1. The maximum absolute atomic E-state index is 6.08. The fourth-order valence-corrected chi connectivity index (χ4v) is 7.87. The largest absolute Gasteiger partial charge is 0.455 e. The first-order valence-corrected chi connectivity index (χ1v) is 12.2. The Balaban J connectivity index is 1.27. The van der Waals surface area contributed by atoms with E-state index in [1.807, 2.05) is 6.07 Å². The summed E-state index contributed by atoms with van der Waals surface area (Å²) in [6.07, 6.45) is 8.81. The van der Waals surface area contributed by atoms with Crippen LogP contribution in [-0.2, 0) is 5.41 Å². The summed E-state index contributed by atoms with van der Waals surface area (Å²) in [6, 6.07) is 22.4. The number of rotatable bonds is 2. The molecule has 4 aromatic rings. The smallest absolute Gasteiger partial charge is 0.149 e. The van der Waals surface area contributed by atoms with Crippen LogP contribution in [-0.4, -0.2) is 0 Å². The molecule has 1 nitrogen and oxygen atoms in total. The molecule has 150 valence electrons. The minimum Gasteiger partial charge on any atom is -0.455 e. The molecule has 4 fully saturated rings. The van der Waals surface area contributed by atoms with E-state index >= 15 is 0 Å². The molecule has 4 saturated carbocycles. The second kappa shape index (κ2) is 6.23. The first kappa shape index (κ1) is 17.6. The van der Waals surface area contributed by atoms with Gasteiger partial charge in [-0.05, 0) is 113 Å². The van der Waals surface area contributed by atoms with Gasteiger partial charge in [-0.25, -0.2) is 0 Å². The third-order valence-electron chi connectivity index (χ3n) is 8.32. The maximum Gasteiger partial charge on any atom is 0.149 e. The van der Waals surface area contributed by atoms with E-state index in [1.165, 1.54) is 60.4 Å². The molecule has 4 bridgehead atoms. The van der Waals surface area contributed by atoms with E-state index in [1.54, 1.807) is 5.56 Å². The van der Waals surface area contributed by atoms with Gasteiger partial charge in [-0.15, -0.1) is 0 Å². The van der Waals surface area contributed by atoms with Crippen molar-refractivity contribution in [2.75, 3.05) is 0 Å². The Labute approximate surface area is 185 Å². The van der Waals surface area contributed by atoms with Crippen LogP contribution >= 0.6 is 15.9 Å². The zero-order chi connectivity index (χ0) is 19.9. The standard InChI is InChI=1S/C28H25BrO/c29-25-3-1-2-23-24-13-21(6-9-26(24)30-27(23)25)20-4-7-22(8-5-20)28-14-17-10-18(15-28)12-19(11-17)16-28/h1-9,13,17-19H,10-12,14-16H2. The molecule has 1 heterocycles. The number of para-hydroxylation sites is 1. The van der Waals surface area contributed by atoms with Gasteiger partial charge in [-0.3, -0.25) is 0 Å². The van der Waals surface area contributed by atoms with Crippen molar-refractivity contribution < 1.29 is 4.42 Å². The van der Waals surface area contributed by atoms with Crippen molar-refractivity contribution in [3.63, 3.8) is 0 Å². The molecular formula is C28H25BrO. The van der Waals surface area contributed by atoms with Crippen LogP contribution in [0.2, 0.25) is 0 Å². The number of furan rings is 1. The fourth-order valence-electron chi connectivity index (χ4n) is 7.42. The summed E-state index contributed by atoms with van der Waals surface area (Å²) in [7, 11) is 0. The summed E-state index contributed by atoms with van der Waals surface area (Å²) >= 11 is 3.62. The Morgan fingerprint density at radius 2 is 1.40 bits per heavy atom. The van der Waals surface area contributed by atoms with E-state index in [0.29, 0.717) is 5.41 Å². The average Bonchev–Trinajstić information content (AvgIpc) is 3.12. The highest BCUT2D eigenvalue weighted by Gasteiger charge is 2.51. The van der Waals surface area contributed by atoms with Gasteiger partial charge < -0.3 is 4.42 Å². The predicted molar refractivity (Wildman–Crippen MR) is 127 cm³/mol. The lowest BCUT2D eigenvalue weighted by atomic mass is 9.48. The summed E-state index contributed by atoms with van der Waals surface area (Å²) in [6.45, 7) is 0. The molecule has 3 aromatic carbocycles. The van der Waals surface area contributed by atoms with Gasteiger partial charge in [-0.2, -0.15) is 0 Å². The summed E-state index contributed by atoms with van der Waals surface area (Å²) < 4.78 is 7.10. The molecule has 1 aromatic heterocycles. The molecule has 0 N–H and O–H groups in total. The summed E-state index contributed by atoms with van der Waals surface area (Å²) in [5.41, 5.74) is 6.53.